The SMILES string of the molecule is COc1ccc(CCNC(=O)c2ccc(Cn3c(=O)c4ccccc4n(Cc4ccccc4C)c3=O)cc2)cc1OC. The highest BCUT2D eigenvalue weighted by atomic mass is 16.5. The lowest BCUT2D eigenvalue weighted by Crippen LogP contribution is -2.40. The summed E-state index contributed by atoms with van der Waals surface area (Å²) < 4.78 is 13.5. The Balaban J connectivity index is 1.32. The molecule has 0 fully saturated rings. The Morgan fingerprint density at radius 2 is 1.45 bits per heavy atom. The number of hydrogen-bond donors (Lipinski definition) is 1. The molecule has 5 aromatic rings. The van der Waals surface area contributed by atoms with Gasteiger partial charge in [0.2, 0.25) is 0 Å². The van der Waals surface area contributed by atoms with E-state index < -0.39 is 0 Å². The molecule has 0 aliphatic heterocycles. The average molecular weight is 564 g/mol. The number of amides is 1. The van der Waals surface area contributed by atoms with E-state index in [0.717, 1.165) is 22.3 Å². The second-order valence-corrected chi connectivity index (χ2v) is 10.1. The number of carbonyl (C=O) groups excluding carboxylic acids is 1. The summed E-state index contributed by atoms with van der Waals surface area (Å²) in [6.07, 6.45) is 0.629. The predicted molar refractivity (Wildman–Crippen MR) is 164 cm³/mol. The second-order valence-electron chi connectivity index (χ2n) is 10.1. The Morgan fingerprint density at radius 3 is 2.19 bits per heavy atom. The number of carbonyl (C=O) groups is 1. The summed E-state index contributed by atoms with van der Waals surface area (Å²) in [7, 11) is 3.18. The zero-order chi connectivity index (χ0) is 29.6. The third-order valence-corrected chi connectivity index (χ3v) is 7.43. The third-order valence-electron chi connectivity index (χ3n) is 7.43. The standard InChI is InChI=1S/C34H33N3O5/c1-23-8-4-5-9-27(23)22-36-29-11-7-6-10-28(29)33(39)37(34(36)40)21-25-12-15-26(16-13-25)32(38)35-19-18-24-14-17-30(41-2)31(20-24)42-3/h4-17,20H,18-19,21-22H2,1-3H3,(H,35,38). The van der Waals surface area contributed by atoms with Gasteiger partial charge in [-0.3, -0.25) is 18.7 Å². The molecule has 1 N–H and O–H groups in total. The highest BCUT2D eigenvalue weighted by Crippen LogP contribution is 2.27. The van der Waals surface area contributed by atoms with Gasteiger partial charge in [0.15, 0.2) is 11.5 Å². The number of hydrogen-bond acceptors (Lipinski definition) is 5. The maximum atomic E-state index is 13.7. The van der Waals surface area contributed by atoms with Crippen molar-refractivity contribution in [3.63, 3.8) is 0 Å². The van der Waals surface area contributed by atoms with Crippen molar-refractivity contribution in [2.45, 2.75) is 26.4 Å². The maximum absolute atomic E-state index is 13.7. The Labute approximate surface area is 243 Å². The van der Waals surface area contributed by atoms with E-state index >= 15 is 0 Å². The van der Waals surface area contributed by atoms with Gasteiger partial charge in [0, 0.05) is 12.1 Å². The molecule has 0 spiro atoms. The number of para-hydroxylation sites is 1. The normalized spacial score (nSPS) is 10.9. The van der Waals surface area contributed by atoms with E-state index in [-0.39, 0.29) is 23.7 Å². The van der Waals surface area contributed by atoms with Crippen LogP contribution in [0.25, 0.3) is 10.9 Å². The summed E-state index contributed by atoms with van der Waals surface area (Å²) in [4.78, 5) is 39.8. The zero-order valence-electron chi connectivity index (χ0n) is 23.9. The van der Waals surface area contributed by atoms with Gasteiger partial charge < -0.3 is 14.8 Å². The first-order chi connectivity index (χ1) is 20.4. The molecular weight excluding hydrogens is 530 g/mol. The van der Waals surface area contributed by atoms with Gasteiger partial charge in [-0.1, -0.05) is 54.6 Å². The molecule has 5 rings (SSSR count). The lowest BCUT2D eigenvalue weighted by atomic mass is 10.1. The first-order valence-electron chi connectivity index (χ1n) is 13.7. The van der Waals surface area contributed by atoms with Gasteiger partial charge >= 0.3 is 5.69 Å². The first-order valence-corrected chi connectivity index (χ1v) is 13.7. The molecule has 1 amide bonds. The van der Waals surface area contributed by atoms with Crippen molar-refractivity contribution >= 4 is 16.8 Å². The van der Waals surface area contributed by atoms with Crippen molar-refractivity contribution in [3.8, 4) is 11.5 Å². The Morgan fingerprint density at radius 1 is 0.762 bits per heavy atom. The number of aryl methyl sites for hydroxylation is 1. The van der Waals surface area contributed by atoms with E-state index in [1.54, 1.807) is 61.3 Å². The number of fused-ring (bicyclic) bond motifs is 1. The highest BCUT2D eigenvalue weighted by molar-refractivity contribution is 5.94. The second kappa shape index (κ2) is 12.6. The monoisotopic (exact) mass is 563 g/mol. The number of nitrogens with zero attached hydrogens (tertiary/aromatic N) is 2. The third kappa shape index (κ3) is 5.98. The molecule has 214 valence electrons. The fourth-order valence-electron chi connectivity index (χ4n) is 5.02. The number of rotatable bonds is 10. The number of methoxy groups -OCH3 is 2. The first kappa shape index (κ1) is 28.4. The zero-order valence-corrected chi connectivity index (χ0v) is 23.9. The van der Waals surface area contributed by atoms with Gasteiger partial charge in [0.25, 0.3) is 11.5 Å². The van der Waals surface area contributed by atoms with Crippen LogP contribution in [-0.2, 0) is 19.5 Å². The van der Waals surface area contributed by atoms with Gasteiger partial charge in [-0.05, 0) is 72.0 Å². The number of nitrogens with one attached hydrogen (secondary N) is 1. The van der Waals surface area contributed by atoms with Gasteiger partial charge in [0.05, 0.1) is 38.2 Å². The van der Waals surface area contributed by atoms with Gasteiger partial charge in [-0.2, -0.15) is 0 Å². The molecule has 1 aromatic heterocycles. The minimum Gasteiger partial charge on any atom is -0.493 e. The van der Waals surface area contributed by atoms with Gasteiger partial charge in [0.1, 0.15) is 0 Å². The smallest absolute Gasteiger partial charge is 0.332 e. The molecule has 0 radical (unpaired) electrons. The van der Waals surface area contributed by atoms with E-state index in [9.17, 15) is 14.4 Å². The summed E-state index contributed by atoms with van der Waals surface area (Å²) >= 11 is 0. The molecule has 0 bridgehead atoms. The molecule has 0 saturated carbocycles. The Hall–Kier alpha value is -5.11. The molecule has 0 aliphatic carbocycles. The molecule has 4 aromatic carbocycles. The Kier molecular flexibility index (Phi) is 8.52. The van der Waals surface area contributed by atoms with Crippen molar-refractivity contribution in [3.05, 3.63) is 140 Å². The lowest BCUT2D eigenvalue weighted by Gasteiger charge is -2.15. The molecular formula is C34H33N3O5. The van der Waals surface area contributed by atoms with Crippen molar-refractivity contribution in [1.82, 2.24) is 14.5 Å². The highest BCUT2D eigenvalue weighted by Gasteiger charge is 2.15. The van der Waals surface area contributed by atoms with Crippen LogP contribution in [0.2, 0.25) is 0 Å². The van der Waals surface area contributed by atoms with Crippen molar-refractivity contribution in [2.75, 3.05) is 20.8 Å². The molecule has 42 heavy (non-hydrogen) atoms. The number of aromatic nitrogens is 2. The lowest BCUT2D eigenvalue weighted by molar-refractivity contribution is 0.0954. The van der Waals surface area contributed by atoms with Crippen LogP contribution in [-0.4, -0.2) is 35.8 Å². The van der Waals surface area contributed by atoms with Gasteiger partial charge in [-0.25, -0.2) is 4.79 Å². The molecule has 0 atom stereocenters. The predicted octanol–water partition coefficient (Wildman–Crippen LogP) is 4.56. The largest absolute Gasteiger partial charge is 0.493 e. The molecule has 0 saturated heterocycles. The minimum atomic E-state index is -0.376. The van der Waals surface area contributed by atoms with E-state index in [1.807, 2.05) is 55.5 Å². The topological polar surface area (TPSA) is 91.6 Å². The van der Waals surface area contributed by atoms with Crippen LogP contribution in [0.4, 0.5) is 0 Å². The fraction of sp³-hybridized carbons (Fsp3) is 0.206. The molecule has 0 aliphatic rings. The van der Waals surface area contributed by atoms with Crippen molar-refractivity contribution in [1.29, 1.82) is 0 Å². The van der Waals surface area contributed by atoms with Crippen LogP contribution >= 0.6 is 0 Å². The summed E-state index contributed by atoms with van der Waals surface area (Å²) in [5, 5.41) is 3.42. The number of ether oxygens (including phenoxy) is 2. The van der Waals surface area contributed by atoms with Crippen LogP contribution in [0.1, 0.15) is 32.6 Å². The summed E-state index contributed by atoms with van der Waals surface area (Å²) in [5.41, 5.74) is 4.22. The van der Waals surface area contributed by atoms with Crippen molar-refractivity contribution in [2.24, 2.45) is 0 Å². The Bertz CT molecular complexity index is 1850. The average Bonchev–Trinajstić information content (AvgIpc) is 3.02. The van der Waals surface area contributed by atoms with Crippen LogP contribution in [0.3, 0.4) is 0 Å². The number of benzene rings is 4. The van der Waals surface area contributed by atoms with E-state index in [1.165, 1.54) is 4.57 Å². The molecule has 8 nitrogen and oxygen atoms in total. The summed E-state index contributed by atoms with van der Waals surface area (Å²) in [6, 6.07) is 27.7. The van der Waals surface area contributed by atoms with E-state index in [2.05, 4.69) is 5.32 Å². The van der Waals surface area contributed by atoms with Gasteiger partial charge in [-0.15, -0.1) is 0 Å². The van der Waals surface area contributed by atoms with E-state index in [0.29, 0.717) is 47.5 Å². The van der Waals surface area contributed by atoms with Crippen LogP contribution in [0, 0.1) is 6.92 Å². The van der Waals surface area contributed by atoms with Crippen LogP contribution in [0.15, 0.2) is 101 Å². The van der Waals surface area contributed by atoms with Crippen molar-refractivity contribution < 1.29 is 14.3 Å². The minimum absolute atomic E-state index is 0.0947. The maximum Gasteiger partial charge on any atom is 0.332 e. The quantitative estimate of drug-likeness (QED) is 0.269. The molecule has 1 heterocycles. The summed E-state index contributed by atoms with van der Waals surface area (Å²) in [6.45, 7) is 2.90. The van der Waals surface area contributed by atoms with E-state index in [4.69, 9.17) is 9.47 Å². The molecule has 0 unspecified atom stereocenters. The fourth-order valence-corrected chi connectivity index (χ4v) is 5.02. The van der Waals surface area contributed by atoms with Crippen LogP contribution < -0.4 is 26.0 Å². The molecule has 8 heteroatoms. The van der Waals surface area contributed by atoms with Crippen LogP contribution in [0.5, 0.6) is 11.5 Å². The summed E-state index contributed by atoms with van der Waals surface area (Å²) in [5.74, 6) is 1.09.